The summed E-state index contributed by atoms with van der Waals surface area (Å²) in [7, 11) is 0. The minimum Gasteiger partial charge on any atom is -0.378 e. The van der Waals surface area contributed by atoms with Crippen LogP contribution in [0, 0.1) is 0 Å². The van der Waals surface area contributed by atoms with E-state index in [1.54, 1.807) is 0 Å². The molecule has 0 heterocycles. The van der Waals surface area contributed by atoms with Crippen LogP contribution in [0.4, 0.5) is 0 Å². The second kappa shape index (κ2) is 5.76. The molecule has 0 saturated carbocycles. The van der Waals surface area contributed by atoms with Crippen molar-refractivity contribution in [2.24, 2.45) is 0 Å². The highest BCUT2D eigenvalue weighted by Crippen LogP contribution is 2.05. The van der Waals surface area contributed by atoms with Gasteiger partial charge >= 0.3 is 0 Å². The molecule has 0 amide bonds. The van der Waals surface area contributed by atoms with Crippen molar-refractivity contribution in [3.05, 3.63) is 35.9 Å². The van der Waals surface area contributed by atoms with E-state index in [2.05, 4.69) is 38.1 Å². The number of ether oxygens (including phenoxy) is 1. The molecule has 1 rings (SSSR count). The Morgan fingerprint density at radius 1 is 1.23 bits per heavy atom. The number of benzene rings is 1. The van der Waals surface area contributed by atoms with Crippen LogP contribution < -0.4 is 0 Å². The van der Waals surface area contributed by atoms with E-state index in [1.165, 1.54) is 5.56 Å². The molecule has 1 aromatic carbocycles. The van der Waals surface area contributed by atoms with Crippen LogP contribution >= 0.6 is 0 Å². The van der Waals surface area contributed by atoms with Gasteiger partial charge in [-0.15, -0.1) is 0 Å². The molecule has 0 fully saturated rings. The predicted molar refractivity (Wildman–Crippen MR) is 55.9 cm³/mol. The highest BCUT2D eigenvalue weighted by Gasteiger charge is 2.01. The molecule has 13 heavy (non-hydrogen) atoms. The van der Waals surface area contributed by atoms with Crippen LogP contribution in [0.1, 0.15) is 25.8 Å². The molecule has 72 valence electrons. The van der Waals surface area contributed by atoms with Crippen molar-refractivity contribution in [3.63, 3.8) is 0 Å². The molecular weight excluding hydrogens is 160 g/mol. The molecule has 0 spiro atoms. The summed E-state index contributed by atoms with van der Waals surface area (Å²) in [4.78, 5) is 0. The van der Waals surface area contributed by atoms with E-state index < -0.39 is 0 Å². The van der Waals surface area contributed by atoms with E-state index >= 15 is 0 Å². The SMILES string of the molecule is CCCO[C@H](C)Cc1ccccc1. The Morgan fingerprint density at radius 3 is 2.54 bits per heavy atom. The summed E-state index contributed by atoms with van der Waals surface area (Å²) >= 11 is 0. The lowest BCUT2D eigenvalue weighted by Crippen LogP contribution is -2.11. The molecular formula is C12H18O. The molecule has 0 aromatic heterocycles. The molecule has 0 N–H and O–H groups in total. The van der Waals surface area contributed by atoms with Crippen LogP contribution in [0.2, 0.25) is 0 Å². The molecule has 0 radical (unpaired) electrons. The highest BCUT2D eigenvalue weighted by atomic mass is 16.5. The first kappa shape index (κ1) is 10.3. The third-order valence-corrected chi connectivity index (χ3v) is 1.97. The Labute approximate surface area is 80.7 Å². The third-order valence-electron chi connectivity index (χ3n) is 1.97. The van der Waals surface area contributed by atoms with Gasteiger partial charge in [-0.2, -0.15) is 0 Å². The third kappa shape index (κ3) is 4.09. The topological polar surface area (TPSA) is 9.23 Å². The van der Waals surface area contributed by atoms with Crippen LogP contribution in [-0.4, -0.2) is 12.7 Å². The zero-order valence-corrected chi connectivity index (χ0v) is 8.49. The normalized spacial score (nSPS) is 12.8. The Morgan fingerprint density at radius 2 is 1.92 bits per heavy atom. The van der Waals surface area contributed by atoms with E-state index in [9.17, 15) is 0 Å². The fourth-order valence-electron chi connectivity index (χ4n) is 1.32. The summed E-state index contributed by atoms with van der Waals surface area (Å²) in [5.74, 6) is 0. The molecule has 0 saturated heterocycles. The van der Waals surface area contributed by atoms with E-state index in [0.29, 0.717) is 6.10 Å². The fourth-order valence-corrected chi connectivity index (χ4v) is 1.32. The number of rotatable bonds is 5. The molecule has 0 aliphatic heterocycles. The zero-order valence-electron chi connectivity index (χ0n) is 8.49. The fraction of sp³-hybridized carbons (Fsp3) is 0.500. The second-order valence-electron chi connectivity index (χ2n) is 3.37. The van der Waals surface area contributed by atoms with Crippen molar-refractivity contribution in [1.29, 1.82) is 0 Å². The van der Waals surface area contributed by atoms with Gasteiger partial charge in [-0.25, -0.2) is 0 Å². The smallest absolute Gasteiger partial charge is 0.0587 e. The van der Waals surface area contributed by atoms with Crippen LogP contribution in [-0.2, 0) is 11.2 Å². The lowest BCUT2D eigenvalue weighted by molar-refractivity contribution is 0.0669. The van der Waals surface area contributed by atoms with Crippen LogP contribution in [0.5, 0.6) is 0 Å². The van der Waals surface area contributed by atoms with Gasteiger partial charge in [0.25, 0.3) is 0 Å². The first-order chi connectivity index (χ1) is 6.33. The summed E-state index contributed by atoms with van der Waals surface area (Å²) in [5, 5.41) is 0. The lowest BCUT2D eigenvalue weighted by atomic mass is 10.1. The maximum absolute atomic E-state index is 5.60. The van der Waals surface area contributed by atoms with Crippen molar-refractivity contribution in [1.82, 2.24) is 0 Å². The average Bonchev–Trinajstić information content (AvgIpc) is 2.16. The minimum atomic E-state index is 0.336. The summed E-state index contributed by atoms with van der Waals surface area (Å²) < 4.78 is 5.60. The summed E-state index contributed by atoms with van der Waals surface area (Å²) in [6.07, 6.45) is 2.45. The first-order valence-corrected chi connectivity index (χ1v) is 4.98. The van der Waals surface area contributed by atoms with Crippen molar-refractivity contribution in [3.8, 4) is 0 Å². The van der Waals surface area contributed by atoms with Crippen molar-refractivity contribution >= 4 is 0 Å². The molecule has 1 atom stereocenters. The maximum atomic E-state index is 5.60. The molecule has 1 heteroatoms. The maximum Gasteiger partial charge on any atom is 0.0587 e. The minimum absolute atomic E-state index is 0.336. The van der Waals surface area contributed by atoms with Crippen LogP contribution in [0.15, 0.2) is 30.3 Å². The van der Waals surface area contributed by atoms with Gasteiger partial charge < -0.3 is 4.74 Å². The van der Waals surface area contributed by atoms with Crippen LogP contribution in [0.25, 0.3) is 0 Å². The van der Waals surface area contributed by atoms with Gasteiger partial charge in [-0.3, -0.25) is 0 Å². The average molecular weight is 178 g/mol. The largest absolute Gasteiger partial charge is 0.378 e. The molecule has 0 bridgehead atoms. The van der Waals surface area contributed by atoms with Gasteiger partial charge in [0.15, 0.2) is 0 Å². The van der Waals surface area contributed by atoms with Gasteiger partial charge in [0, 0.05) is 6.61 Å². The summed E-state index contributed by atoms with van der Waals surface area (Å²) in [6, 6.07) is 10.5. The second-order valence-corrected chi connectivity index (χ2v) is 3.37. The Kier molecular flexibility index (Phi) is 4.55. The first-order valence-electron chi connectivity index (χ1n) is 4.98. The number of hydrogen-bond acceptors (Lipinski definition) is 1. The van der Waals surface area contributed by atoms with Gasteiger partial charge in [-0.1, -0.05) is 37.3 Å². The standard InChI is InChI=1S/C12H18O/c1-3-9-13-11(2)10-12-7-5-4-6-8-12/h4-8,11H,3,9-10H2,1-2H3/t11-/m1/s1. The highest BCUT2D eigenvalue weighted by molar-refractivity contribution is 5.15. The molecule has 0 aliphatic carbocycles. The van der Waals surface area contributed by atoms with Gasteiger partial charge in [0.1, 0.15) is 0 Å². The van der Waals surface area contributed by atoms with E-state index in [1.807, 2.05) is 6.07 Å². The Hall–Kier alpha value is -0.820. The lowest BCUT2D eigenvalue weighted by Gasteiger charge is -2.11. The van der Waals surface area contributed by atoms with Crippen molar-refractivity contribution in [2.45, 2.75) is 32.8 Å². The van der Waals surface area contributed by atoms with Gasteiger partial charge in [0.2, 0.25) is 0 Å². The van der Waals surface area contributed by atoms with Gasteiger partial charge in [0.05, 0.1) is 6.10 Å². The van der Waals surface area contributed by atoms with E-state index in [-0.39, 0.29) is 0 Å². The van der Waals surface area contributed by atoms with Crippen molar-refractivity contribution < 1.29 is 4.74 Å². The van der Waals surface area contributed by atoms with E-state index in [0.717, 1.165) is 19.4 Å². The van der Waals surface area contributed by atoms with Crippen molar-refractivity contribution in [2.75, 3.05) is 6.61 Å². The van der Waals surface area contributed by atoms with E-state index in [4.69, 9.17) is 4.74 Å². The quantitative estimate of drug-likeness (QED) is 0.673. The number of hydrogen-bond donors (Lipinski definition) is 0. The molecule has 0 unspecified atom stereocenters. The predicted octanol–water partition coefficient (Wildman–Crippen LogP) is 3.04. The molecule has 1 nitrogen and oxygen atoms in total. The Balaban J connectivity index is 2.32. The molecule has 0 aliphatic rings. The summed E-state index contributed by atoms with van der Waals surface area (Å²) in [5.41, 5.74) is 1.35. The monoisotopic (exact) mass is 178 g/mol. The Bertz CT molecular complexity index is 218. The summed E-state index contributed by atoms with van der Waals surface area (Å²) in [6.45, 7) is 5.13. The molecule has 1 aromatic rings. The van der Waals surface area contributed by atoms with Crippen LogP contribution in [0.3, 0.4) is 0 Å². The zero-order chi connectivity index (χ0) is 9.52. The van der Waals surface area contributed by atoms with Gasteiger partial charge in [-0.05, 0) is 25.3 Å².